The molecule has 1 radical (unpaired) electrons. The van der Waals surface area contributed by atoms with E-state index in [4.69, 9.17) is 0 Å². The first-order valence-electron chi connectivity index (χ1n) is 1.37. The molecule has 51 valence electrons. The van der Waals surface area contributed by atoms with Crippen molar-refractivity contribution in [2.24, 2.45) is 0 Å². The second-order valence-corrected chi connectivity index (χ2v) is 0.577. The maximum Gasteiger partial charge on any atom is 2.00 e. The molecule has 0 rings (SSSR count). The third-order valence-corrected chi connectivity index (χ3v) is 0.289. The molecule has 0 spiro atoms. The van der Waals surface area contributed by atoms with Crippen molar-refractivity contribution in [2.45, 2.75) is 28.7 Å². The third kappa shape index (κ3) is 88.8. The summed E-state index contributed by atoms with van der Waals surface area (Å²) in [6, 6.07) is 0. The van der Waals surface area contributed by atoms with Crippen molar-refractivity contribution in [3.63, 3.8) is 0 Å². The predicted octanol–water partition coefficient (Wildman–Crippen LogP) is 3.11. The van der Waals surface area contributed by atoms with Gasteiger partial charge in [-0.15, -0.1) is 0 Å². The summed E-state index contributed by atoms with van der Waals surface area (Å²) in [5, 5.41) is 0. The van der Waals surface area contributed by atoms with E-state index in [2.05, 4.69) is 6.08 Å². The Morgan fingerprint density at radius 1 is 1.25 bits per heavy atom. The molecule has 0 aromatic heterocycles. The Hall–Kier alpha value is 0.480. The molecule has 0 aromatic carbocycles. The molecule has 0 saturated carbocycles. The summed E-state index contributed by atoms with van der Waals surface area (Å²) in [6.45, 7) is 3.82. The van der Waals surface area contributed by atoms with E-state index in [0.717, 1.165) is 0 Å². The van der Waals surface area contributed by atoms with Gasteiger partial charge in [0, 0.05) is 0 Å². The molecule has 0 nitrogen and oxygen atoms in total. The molecule has 0 unspecified atom stereocenters. The predicted molar refractivity (Wildman–Crippen MR) is 39.0 cm³/mol. The fourth-order valence-electron chi connectivity index (χ4n) is 0. The van der Waals surface area contributed by atoms with Gasteiger partial charge in [0.2, 0.25) is 0 Å². The Labute approximate surface area is 70.9 Å². The molecule has 0 aliphatic heterocycles. The van der Waals surface area contributed by atoms with Gasteiger partial charge in [0.15, 0.2) is 0 Å². The van der Waals surface area contributed by atoms with Gasteiger partial charge < -0.3 is 13.5 Å². The van der Waals surface area contributed by atoms with Crippen LogP contribution in [0.15, 0.2) is 6.08 Å². The first kappa shape index (κ1) is 39.2. The van der Waals surface area contributed by atoms with E-state index < -0.39 is 0 Å². The average Bonchev–Trinajstić information content (AvgIpc) is 1.37. The number of rotatable bonds is 0. The molecular formula is C7H18Nb. The summed E-state index contributed by atoms with van der Waals surface area (Å²) in [5.41, 5.74) is 0. The minimum absolute atomic E-state index is 0. The SMILES string of the molecule is C.C.C[C-]=CC.[CH3-].[Nb+2]. The van der Waals surface area contributed by atoms with Crippen LogP contribution in [0, 0.1) is 13.5 Å². The van der Waals surface area contributed by atoms with E-state index in [-0.39, 0.29) is 44.7 Å². The molecule has 0 atom stereocenters. The second-order valence-electron chi connectivity index (χ2n) is 0.577. The number of allylic oxidation sites excluding steroid dienone is 2. The van der Waals surface area contributed by atoms with Crippen molar-refractivity contribution < 1.29 is 22.4 Å². The molecule has 0 aliphatic carbocycles. The Kier molecular flexibility index (Phi) is 250. The molecule has 0 heterocycles. The zero-order chi connectivity index (χ0) is 3.41. The Bertz CT molecular complexity index is 19.6. The minimum Gasteiger partial charge on any atom is -0.504 e. The van der Waals surface area contributed by atoms with Gasteiger partial charge in [-0.25, -0.2) is 0 Å². The van der Waals surface area contributed by atoms with Crippen LogP contribution in [0.2, 0.25) is 0 Å². The fraction of sp³-hybridized carbons (Fsp3) is 0.571. The maximum absolute atomic E-state index is 2.81. The van der Waals surface area contributed by atoms with Crippen LogP contribution in [0.4, 0.5) is 0 Å². The molecule has 8 heavy (non-hydrogen) atoms. The smallest absolute Gasteiger partial charge is 0.504 e. The van der Waals surface area contributed by atoms with Crippen molar-refractivity contribution in [2.75, 3.05) is 0 Å². The summed E-state index contributed by atoms with van der Waals surface area (Å²) in [6.07, 6.45) is 4.68. The summed E-state index contributed by atoms with van der Waals surface area (Å²) in [7, 11) is 0. The molecule has 0 saturated heterocycles. The van der Waals surface area contributed by atoms with Gasteiger partial charge in [0.1, 0.15) is 0 Å². The maximum atomic E-state index is 2.81. The van der Waals surface area contributed by atoms with Crippen LogP contribution in [0.3, 0.4) is 0 Å². The van der Waals surface area contributed by atoms with Crippen LogP contribution in [-0.4, -0.2) is 0 Å². The second kappa shape index (κ2) is 51.1. The topological polar surface area (TPSA) is 0 Å². The van der Waals surface area contributed by atoms with Gasteiger partial charge in [0.25, 0.3) is 0 Å². The van der Waals surface area contributed by atoms with Gasteiger partial charge in [0.05, 0.1) is 0 Å². The normalized spacial score (nSPS) is 4.75. The van der Waals surface area contributed by atoms with E-state index in [9.17, 15) is 0 Å². The van der Waals surface area contributed by atoms with E-state index in [1.165, 1.54) is 0 Å². The van der Waals surface area contributed by atoms with E-state index >= 15 is 0 Å². The standard InChI is InChI=1S/C4H7.2CH4.CH3.Nb/c1-3-4-2;;;;/h3H,1-2H3;2*1H4;1H3;/q-1;;;-1;+2. The summed E-state index contributed by atoms with van der Waals surface area (Å²) in [4.78, 5) is 0. The van der Waals surface area contributed by atoms with Crippen molar-refractivity contribution in [3.05, 3.63) is 19.6 Å². The van der Waals surface area contributed by atoms with Gasteiger partial charge in [-0.3, -0.25) is 6.08 Å². The summed E-state index contributed by atoms with van der Waals surface area (Å²) < 4.78 is 0. The van der Waals surface area contributed by atoms with Gasteiger partial charge in [-0.1, -0.05) is 21.8 Å². The van der Waals surface area contributed by atoms with Crippen LogP contribution in [-0.2, 0) is 22.4 Å². The Morgan fingerprint density at radius 2 is 1.38 bits per heavy atom. The number of hydrogen-bond donors (Lipinski definition) is 0. The summed E-state index contributed by atoms with van der Waals surface area (Å²) >= 11 is 0. The van der Waals surface area contributed by atoms with Crippen LogP contribution < -0.4 is 0 Å². The Balaban J connectivity index is -0.00000000750. The molecule has 0 fully saturated rings. The summed E-state index contributed by atoms with van der Waals surface area (Å²) in [5.74, 6) is 0. The van der Waals surface area contributed by atoms with Gasteiger partial charge >= 0.3 is 22.4 Å². The zero-order valence-electron chi connectivity index (χ0n) is 4.52. The molecule has 0 aromatic rings. The first-order chi connectivity index (χ1) is 1.91. The largest absolute Gasteiger partial charge is 2.00 e. The monoisotopic (exact) mass is 195 g/mol. The molecule has 0 amide bonds. The van der Waals surface area contributed by atoms with Crippen LogP contribution >= 0.6 is 0 Å². The van der Waals surface area contributed by atoms with Crippen molar-refractivity contribution in [1.82, 2.24) is 0 Å². The molecule has 0 N–H and O–H groups in total. The van der Waals surface area contributed by atoms with Crippen molar-refractivity contribution in [1.29, 1.82) is 0 Å². The van der Waals surface area contributed by atoms with Crippen LogP contribution in [0.5, 0.6) is 0 Å². The number of hydrogen-bond acceptors (Lipinski definition) is 0. The van der Waals surface area contributed by atoms with E-state index in [0.29, 0.717) is 0 Å². The third-order valence-electron chi connectivity index (χ3n) is 0.289. The fourth-order valence-corrected chi connectivity index (χ4v) is 0. The van der Waals surface area contributed by atoms with E-state index in [1.54, 1.807) is 0 Å². The zero-order valence-corrected chi connectivity index (χ0v) is 6.72. The van der Waals surface area contributed by atoms with Crippen LogP contribution in [0.1, 0.15) is 28.7 Å². The molecular weight excluding hydrogens is 177 g/mol. The Morgan fingerprint density at radius 3 is 1.38 bits per heavy atom. The van der Waals surface area contributed by atoms with Crippen molar-refractivity contribution in [3.8, 4) is 0 Å². The van der Waals surface area contributed by atoms with Crippen molar-refractivity contribution >= 4 is 0 Å². The molecule has 0 aliphatic rings. The minimum atomic E-state index is 0. The van der Waals surface area contributed by atoms with Gasteiger partial charge in [-0.2, -0.15) is 6.92 Å². The van der Waals surface area contributed by atoms with E-state index in [1.807, 2.05) is 19.9 Å². The van der Waals surface area contributed by atoms with Gasteiger partial charge in [-0.05, 0) is 0 Å². The van der Waals surface area contributed by atoms with Crippen LogP contribution in [0.25, 0.3) is 0 Å². The average molecular weight is 195 g/mol. The molecule has 0 bridgehead atoms. The quantitative estimate of drug-likeness (QED) is 0.411. The first-order valence-corrected chi connectivity index (χ1v) is 1.37. The molecule has 1 heteroatoms.